The Morgan fingerprint density at radius 1 is 0.947 bits per heavy atom. The molecule has 0 amide bonds. The van der Waals surface area contributed by atoms with Gasteiger partial charge >= 0.3 is 0 Å². The largest absolute Gasteiger partial charge is 0.383 e. The molecular formula is C16H23N3. The SMILES string of the molecule is Cc1nc(C23CC4CC(CC(C4)C2)C3)nc(N)c1C. The lowest BCUT2D eigenvalue weighted by atomic mass is 9.49. The van der Waals surface area contributed by atoms with Crippen LogP contribution in [-0.4, -0.2) is 9.97 Å². The number of nitrogens with two attached hydrogens (primary N) is 1. The summed E-state index contributed by atoms with van der Waals surface area (Å²) < 4.78 is 0. The number of hydrogen-bond donors (Lipinski definition) is 1. The molecular weight excluding hydrogens is 234 g/mol. The zero-order valence-electron chi connectivity index (χ0n) is 11.9. The Kier molecular flexibility index (Phi) is 2.28. The van der Waals surface area contributed by atoms with E-state index in [1.807, 2.05) is 6.92 Å². The van der Waals surface area contributed by atoms with Gasteiger partial charge in [0.15, 0.2) is 0 Å². The van der Waals surface area contributed by atoms with Crippen LogP contribution in [0.4, 0.5) is 5.82 Å². The van der Waals surface area contributed by atoms with Crippen LogP contribution in [0.3, 0.4) is 0 Å². The first-order valence-electron chi connectivity index (χ1n) is 7.67. The summed E-state index contributed by atoms with van der Waals surface area (Å²) in [6.45, 7) is 4.09. The van der Waals surface area contributed by atoms with Crippen molar-refractivity contribution >= 4 is 5.82 Å². The zero-order chi connectivity index (χ0) is 13.2. The molecule has 4 aliphatic carbocycles. The Morgan fingerprint density at radius 2 is 1.47 bits per heavy atom. The Labute approximate surface area is 115 Å². The van der Waals surface area contributed by atoms with E-state index in [9.17, 15) is 0 Å². The number of rotatable bonds is 1. The Hall–Kier alpha value is -1.12. The molecule has 2 N–H and O–H groups in total. The van der Waals surface area contributed by atoms with Gasteiger partial charge in [-0.2, -0.15) is 0 Å². The van der Waals surface area contributed by atoms with E-state index in [-0.39, 0.29) is 5.41 Å². The lowest BCUT2D eigenvalue weighted by molar-refractivity contribution is -0.00941. The van der Waals surface area contributed by atoms with Crippen molar-refractivity contribution in [3.05, 3.63) is 17.1 Å². The number of aromatic nitrogens is 2. The number of nitrogen functional groups attached to an aromatic ring is 1. The third-order valence-electron chi connectivity index (χ3n) is 5.94. The van der Waals surface area contributed by atoms with E-state index in [4.69, 9.17) is 15.7 Å². The van der Waals surface area contributed by atoms with E-state index in [0.717, 1.165) is 34.8 Å². The molecule has 0 unspecified atom stereocenters. The van der Waals surface area contributed by atoms with Gasteiger partial charge in [-0.05, 0) is 70.1 Å². The highest BCUT2D eigenvalue weighted by molar-refractivity contribution is 5.41. The van der Waals surface area contributed by atoms with Crippen molar-refractivity contribution in [1.29, 1.82) is 0 Å². The zero-order valence-corrected chi connectivity index (χ0v) is 11.9. The fourth-order valence-electron chi connectivity index (χ4n) is 5.27. The maximum absolute atomic E-state index is 6.09. The molecule has 0 spiro atoms. The van der Waals surface area contributed by atoms with Crippen molar-refractivity contribution in [1.82, 2.24) is 9.97 Å². The Bertz CT molecular complexity index is 477. The summed E-state index contributed by atoms with van der Waals surface area (Å²) in [7, 11) is 0. The quantitative estimate of drug-likeness (QED) is 0.841. The van der Waals surface area contributed by atoms with E-state index in [2.05, 4.69) is 6.92 Å². The van der Waals surface area contributed by atoms with Crippen LogP contribution in [0.1, 0.15) is 55.6 Å². The van der Waals surface area contributed by atoms with Gasteiger partial charge in [-0.25, -0.2) is 9.97 Å². The minimum Gasteiger partial charge on any atom is -0.383 e. The van der Waals surface area contributed by atoms with E-state index in [1.165, 1.54) is 38.5 Å². The minimum absolute atomic E-state index is 0.265. The average Bonchev–Trinajstić information content (AvgIpc) is 2.33. The first kappa shape index (κ1) is 11.7. The van der Waals surface area contributed by atoms with E-state index in [1.54, 1.807) is 0 Å². The summed E-state index contributed by atoms with van der Waals surface area (Å²) in [5.74, 6) is 4.54. The summed E-state index contributed by atoms with van der Waals surface area (Å²) in [5.41, 5.74) is 8.47. The van der Waals surface area contributed by atoms with Crippen LogP contribution in [-0.2, 0) is 5.41 Å². The predicted octanol–water partition coefficient (Wildman–Crippen LogP) is 3.14. The number of anilines is 1. The van der Waals surface area contributed by atoms with Crippen LogP contribution in [0.2, 0.25) is 0 Å². The van der Waals surface area contributed by atoms with Crippen LogP contribution in [0.25, 0.3) is 0 Å². The molecule has 0 aromatic carbocycles. The van der Waals surface area contributed by atoms with Gasteiger partial charge in [0.05, 0.1) is 0 Å². The maximum atomic E-state index is 6.09. The van der Waals surface area contributed by atoms with Crippen molar-refractivity contribution in [2.45, 2.75) is 57.8 Å². The summed E-state index contributed by atoms with van der Waals surface area (Å²) in [6.07, 6.45) is 8.29. The van der Waals surface area contributed by atoms with Crippen molar-refractivity contribution in [2.75, 3.05) is 5.73 Å². The minimum atomic E-state index is 0.265. The van der Waals surface area contributed by atoms with Gasteiger partial charge in [-0.3, -0.25) is 0 Å². The molecule has 4 saturated carbocycles. The van der Waals surface area contributed by atoms with Gasteiger partial charge in [0.2, 0.25) is 0 Å². The molecule has 0 atom stereocenters. The molecule has 5 rings (SSSR count). The number of aryl methyl sites for hydroxylation is 1. The second-order valence-electron chi connectivity index (χ2n) is 7.34. The fourth-order valence-corrected chi connectivity index (χ4v) is 5.27. The summed E-state index contributed by atoms with van der Waals surface area (Å²) in [4.78, 5) is 9.52. The van der Waals surface area contributed by atoms with Gasteiger partial charge in [0.25, 0.3) is 0 Å². The van der Waals surface area contributed by atoms with E-state index >= 15 is 0 Å². The maximum Gasteiger partial charge on any atom is 0.137 e. The standard InChI is InChI=1S/C16H23N3/c1-9-10(2)18-15(19-14(9)17)16-6-11-3-12(7-16)5-13(4-11)8-16/h11-13H,3-8H2,1-2H3,(H2,17,18,19). The smallest absolute Gasteiger partial charge is 0.137 e. The van der Waals surface area contributed by atoms with Gasteiger partial charge in [0.1, 0.15) is 11.6 Å². The third kappa shape index (κ3) is 1.63. The second kappa shape index (κ2) is 3.71. The Morgan fingerprint density at radius 3 is 1.95 bits per heavy atom. The third-order valence-corrected chi connectivity index (χ3v) is 5.94. The Balaban J connectivity index is 1.79. The monoisotopic (exact) mass is 257 g/mol. The van der Waals surface area contributed by atoms with Gasteiger partial charge in [0, 0.05) is 16.7 Å². The molecule has 4 bridgehead atoms. The van der Waals surface area contributed by atoms with Gasteiger partial charge in [-0.15, -0.1) is 0 Å². The molecule has 1 heterocycles. The molecule has 102 valence electrons. The number of hydrogen-bond acceptors (Lipinski definition) is 3. The predicted molar refractivity (Wildman–Crippen MR) is 75.8 cm³/mol. The molecule has 4 aliphatic rings. The lowest BCUT2D eigenvalue weighted by Gasteiger charge is -2.56. The molecule has 0 radical (unpaired) electrons. The molecule has 3 nitrogen and oxygen atoms in total. The van der Waals surface area contributed by atoms with Crippen LogP contribution in [0, 0.1) is 31.6 Å². The van der Waals surface area contributed by atoms with Gasteiger partial charge in [-0.1, -0.05) is 0 Å². The average molecular weight is 257 g/mol. The molecule has 0 saturated heterocycles. The van der Waals surface area contributed by atoms with E-state index < -0.39 is 0 Å². The van der Waals surface area contributed by atoms with Gasteiger partial charge < -0.3 is 5.73 Å². The van der Waals surface area contributed by atoms with Crippen LogP contribution in [0.5, 0.6) is 0 Å². The summed E-state index contributed by atoms with van der Waals surface area (Å²) in [5, 5.41) is 0. The van der Waals surface area contributed by atoms with E-state index in [0.29, 0.717) is 5.82 Å². The van der Waals surface area contributed by atoms with Crippen molar-refractivity contribution in [2.24, 2.45) is 17.8 Å². The fraction of sp³-hybridized carbons (Fsp3) is 0.750. The normalized spacial score (nSPS) is 39.8. The lowest BCUT2D eigenvalue weighted by Crippen LogP contribution is -2.49. The molecule has 0 aliphatic heterocycles. The molecule has 19 heavy (non-hydrogen) atoms. The highest BCUT2D eigenvalue weighted by Gasteiger charge is 2.53. The number of nitrogens with zero attached hydrogens (tertiary/aromatic N) is 2. The molecule has 1 aromatic heterocycles. The van der Waals surface area contributed by atoms with Crippen LogP contribution < -0.4 is 5.73 Å². The topological polar surface area (TPSA) is 51.8 Å². The van der Waals surface area contributed by atoms with Crippen LogP contribution in [0.15, 0.2) is 0 Å². The second-order valence-corrected chi connectivity index (χ2v) is 7.34. The summed E-state index contributed by atoms with van der Waals surface area (Å²) in [6, 6.07) is 0. The summed E-state index contributed by atoms with van der Waals surface area (Å²) >= 11 is 0. The first-order valence-corrected chi connectivity index (χ1v) is 7.67. The molecule has 1 aromatic rings. The van der Waals surface area contributed by atoms with Crippen LogP contribution >= 0.6 is 0 Å². The highest BCUT2D eigenvalue weighted by Crippen LogP contribution is 2.60. The first-order chi connectivity index (χ1) is 9.06. The van der Waals surface area contributed by atoms with Crippen molar-refractivity contribution in [3.8, 4) is 0 Å². The molecule has 4 fully saturated rings. The molecule has 3 heteroatoms. The highest BCUT2D eigenvalue weighted by atomic mass is 15.0. The van der Waals surface area contributed by atoms with Crippen molar-refractivity contribution in [3.63, 3.8) is 0 Å². The van der Waals surface area contributed by atoms with Crippen molar-refractivity contribution < 1.29 is 0 Å².